The first-order valence-electron chi connectivity index (χ1n) is 11.1. The van der Waals surface area contributed by atoms with Gasteiger partial charge >= 0.3 is 5.97 Å². The number of esters is 1. The first-order valence-corrected chi connectivity index (χ1v) is 11.1. The molecule has 0 radical (unpaired) electrons. The molecule has 0 unspecified atom stereocenters. The van der Waals surface area contributed by atoms with Crippen molar-refractivity contribution in [2.45, 2.75) is 39.3 Å². The zero-order valence-corrected chi connectivity index (χ0v) is 19.8. The van der Waals surface area contributed by atoms with Crippen molar-refractivity contribution in [3.8, 4) is 5.75 Å². The third-order valence-corrected chi connectivity index (χ3v) is 5.89. The van der Waals surface area contributed by atoms with Gasteiger partial charge in [-0.2, -0.15) is 0 Å². The maximum atomic E-state index is 12.9. The SMILES string of the molecule is COc1ccc(CN2C(=O)c3ccccc3C2=O)cc1C(=O)OCc1ccc(C(C)(C)C)cc1. The minimum Gasteiger partial charge on any atom is -0.496 e. The van der Waals surface area contributed by atoms with Gasteiger partial charge in [-0.05, 0) is 46.4 Å². The fourth-order valence-electron chi connectivity index (χ4n) is 3.91. The fraction of sp³-hybridized carbons (Fsp3) is 0.250. The van der Waals surface area contributed by atoms with E-state index in [0.717, 1.165) is 5.56 Å². The van der Waals surface area contributed by atoms with E-state index >= 15 is 0 Å². The predicted octanol–water partition coefficient (Wildman–Crippen LogP) is 5.15. The molecule has 0 spiro atoms. The number of hydrogen-bond acceptors (Lipinski definition) is 5. The van der Waals surface area contributed by atoms with Gasteiger partial charge in [0.15, 0.2) is 0 Å². The number of fused-ring (bicyclic) bond motifs is 1. The van der Waals surface area contributed by atoms with Crippen molar-refractivity contribution >= 4 is 17.8 Å². The van der Waals surface area contributed by atoms with Gasteiger partial charge in [0, 0.05) is 0 Å². The lowest BCUT2D eigenvalue weighted by atomic mass is 9.87. The number of amides is 2. The van der Waals surface area contributed by atoms with Gasteiger partial charge in [0.25, 0.3) is 11.8 Å². The smallest absolute Gasteiger partial charge is 0.342 e. The molecular weight excluding hydrogens is 430 g/mol. The van der Waals surface area contributed by atoms with Crippen molar-refractivity contribution in [3.05, 3.63) is 100 Å². The maximum Gasteiger partial charge on any atom is 0.342 e. The van der Waals surface area contributed by atoms with Crippen molar-refractivity contribution in [2.75, 3.05) is 7.11 Å². The Balaban J connectivity index is 1.49. The summed E-state index contributed by atoms with van der Waals surface area (Å²) in [5.74, 6) is -0.876. The first-order chi connectivity index (χ1) is 16.2. The Morgan fingerprint density at radius 2 is 1.44 bits per heavy atom. The third kappa shape index (κ3) is 4.57. The Bertz CT molecular complexity index is 1220. The van der Waals surface area contributed by atoms with Crippen molar-refractivity contribution < 1.29 is 23.9 Å². The van der Waals surface area contributed by atoms with Crippen LogP contribution in [0.25, 0.3) is 0 Å². The molecule has 0 bridgehead atoms. The molecule has 0 aromatic heterocycles. The summed E-state index contributed by atoms with van der Waals surface area (Å²) in [6, 6.07) is 19.7. The molecule has 1 heterocycles. The molecule has 6 nitrogen and oxygen atoms in total. The van der Waals surface area contributed by atoms with Gasteiger partial charge in [-0.3, -0.25) is 14.5 Å². The molecule has 0 saturated carbocycles. The zero-order chi connectivity index (χ0) is 24.5. The quantitative estimate of drug-likeness (QED) is 0.378. The van der Waals surface area contributed by atoms with Crippen LogP contribution in [0.1, 0.15) is 68.5 Å². The van der Waals surface area contributed by atoms with E-state index in [1.807, 2.05) is 24.3 Å². The Morgan fingerprint density at radius 1 is 0.853 bits per heavy atom. The molecule has 0 N–H and O–H groups in total. The monoisotopic (exact) mass is 457 g/mol. The molecule has 0 aliphatic carbocycles. The lowest BCUT2D eigenvalue weighted by Gasteiger charge is -2.19. The second kappa shape index (κ2) is 9.14. The first kappa shape index (κ1) is 23.2. The lowest BCUT2D eigenvalue weighted by molar-refractivity contribution is 0.0468. The average molecular weight is 458 g/mol. The van der Waals surface area contributed by atoms with Gasteiger partial charge in [-0.15, -0.1) is 0 Å². The molecule has 4 rings (SSSR count). The Morgan fingerprint density at radius 3 is 2.00 bits per heavy atom. The molecule has 2 amide bonds. The highest BCUT2D eigenvalue weighted by atomic mass is 16.5. The van der Waals surface area contributed by atoms with E-state index in [0.29, 0.717) is 22.4 Å². The van der Waals surface area contributed by atoms with Crippen LogP contribution in [0, 0.1) is 0 Å². The summed E-state index contributed by atoms with van der Waals surface area (Å²) in [6.07, 6.45) is 0. The largest absolute Gasteiger partial charge is 0.496 e. The Labute approximate surface area is 199 Å². The number of carbonyl (C=O) groups is 3. The number of ether oxygens (including phenoxy) is 2. The summed E-state index contributed by atoms with van der Waals surface area (Å²) in [6.45, 7) is 6.59. The van der Waals surface area contributed by atoms with Gasteiger partial charge in [-0.25, -0.2) is 4.79 Å². The normalized spacial score (nSPS) is 13.1. The van der Waals surface area contributed by atoms with Crippen LogP contribution in [0.3, 0.4) is 0 Å². The predicted molar refractivity (Wildman–Crippen MR) is 128 cm³/mol. The molecule has 1 aliphatic rings. The van der Waals surface area contributed by atoms with Crippen LogP contribution in [-0.2, 0) is 23.3 Å². The minimum atomic E-state index is -0.541. The summed E-state index contributed by atoms with van der Waals surface area (Å²) in [5.41, 5.74) is 3.76. The van der Waals surface area contributed by atoms with Gasteiger partial charge in [-0.1, -0.05) is 63.2 Å². The molecule has 34 heavy (non-hydrogen) atoms. The van der Waals surface area contributed by atoms with E-state index in [1.165, 1.54) is 17.6 Å². The molecule has 6 heteroatoms. The molecule has 3 aromatic carbocycles. The van der Waals surface area contributed by atoms with Crippen molar-refractivity contribution in [2.24, 2.45) is 0 Å². The number of methoxy groups -OCH3 is 1. The summed E-state index contributed by atoms with van der Waals surface area (Å²) >= 11 is 0. The van der Waals surface area contributed by atoms with E-state index < -0.39 is 5.97 Å². The number of hydrogen-bond donors (Lipinski definition) is 0. The minimum absolute atomic E-state index is 0.0441. The van der Waals surface area contributed by atoms with Gasteiger partial charge < -0.3 is 9.47 Å². The molecular formula is C28H27NO5. The highest BCUT2D eigenvalue weighted by Gasteiger charge is 2.35. The number of imide groups is 1. The van der Waals surface area contributed by atoms with Gasteiger partial charge in [0.05, 0.1) is 24.8 Å². The van der Waals surface area contributed by atoms with E-state index in [-0.39, 0.29) is 35.9 Å². The second-order valence-electron chi connectivity index (χ2n) is 9.30. The van der Waals surface area contributed by atoms with Crippen molar-refractivity contribution in [1.82, 2.24) is 4.90 Å². The molecule has 0 saturated heterocycles. The third-order valence-electron chi connectivity index (χ3n) is 5.89. The average Bonchev–Trinajstić information content (AvgIpc) is 3.07. The lowest BCUT2D eigenvalue weighted by Crippen LogP contribution is -2.29. The van der Waals surface area contributed by atoms with Gasteiger partial charge in [0.2, 0.25) is 0 Å². The van der Waals surface area contributed by atoms with E-state index in [4.69, 9.17) is 9.47 Å². The van der Waals surface area contributed by atoms with Crippen LogP contribution in [0.4, 0.5) is 0 Å². The molecule has 3 aromatic rings. The number of benzene rings is 3. The highest BCUT2D eigenvalue weighted by Crippen LogP contribution is 2.27. The summed E-state index contributed by atoms with van der Waals surface area (Å²) in [5, 5.41) is 0. The molecule has 0 atom stereocenters. The summed E-state index contributed by atoms with van der Waals surface area (Å²) in [7, 11) is 1.47. The summed E-state index contributed by atoms with van der Waals surface area (Å²) < 4.78 is 10.9. The van der Waals surface area contributed by atoms with Crippen LogP contribution in [0.2, 0.25) is 0 Å². The van der Waals surface area contributed by atoms with E-state index in [1.54, 1.807) is 42.5 Å². The molecule has 174 valence electrons. The number of nitrogens with zero attached hydrogens (tertiary/aromatic N) is 1. The van der Waals surface area contributed by atoms with E-state index in [2.05, 4.69) is 20.8 Å². The highest BCUT2D eigenvalue weighted by molar-refractivity contribution is 6.21. The van der Waals surface area contributed by atoms with Crippen LogP contribution in [-0.4, -0.2) is 29.8 Å². The van der Waals surface area contributed by atoms with Crippen LogP contribution in [0.5, 0.6) is 5.75 Å². The molecule has 0 fully saturated rings. The standard InChI is InChI=1S/C28H27NO5/c1-28(2,3)20-12-9-18(10-13-20)17-34-27(32)23-15-19(11-14-24(23)33-4)16-29-25(30)21-7-5-6-8-22(21)26(29)31/h5-15H,16-17H2,1-4H3. The van der Waals surface area contributed by atoms with Crippen molar-refractivity contribution in [1.29, 1.82) is 0 Å². The summed E-state index contributed by atoms with van der Waals surface area (Å²) in [4.78, 5) is 39.4. The topological polar surface area (TPSA) is 72.9 Å². The number of rotatable bonds is 6. The maximum absolute atomic E-state index is 12.9. The van der Waals surface area contributed by atoms with Crippen LogP contribution < -0.4 is 4.74 Å². The zero-order valence-electron chi connectivity index (χ0n) is 19.8. The fourth-order valence-corrected chi connectivity index (χ4v) is 3.91. The Hall–Kier alpha value is -3.93. The number of carbonyl (C=O) groups excluding carboxylic acids is 3. The van der Waals surface area contributed by atoms with Crippen molar-refractivity contribution in [3.63, 3.8) is 0 Å². The second-order valence-corrected chi connectivity index (χ2v) is 9.30. The van der Waals surface area contributed by atoms with Gasteiger partial charge in [0.1, 0.15) is 17.9 Å². The van der Waals surface area contributed by atoms with Crippen LogP contribution >= 0.6 is 0 Å². The van der Waals surface area contributed by atoms with E-state index in [9.17, 15) is 14.4 Å². The van der Waals surface area contributed by atoms with Crippen LogP contribution in [0.15, 0.2) is 66.7 Å². The Kier molecular flexibility index (Phi) is 6.24. The molecule has 1 aliphatic heterocycles.